The summed E-state index contributed by atoms with van der Waals surface area (Å²) in [5, 5.41) is 2.76. The quantitative estimate of drug-likeness (QED) is 0.468. The molecule has 0 aromatic rings. The molecule has 0 aliphatic heterocycles. The fourth-order valence-corrected chi connectivity index (χ4v) is 2.54. The van der Waals surface area contributed by atoms with Crippen LogP contribution in [0.5, 0.6) is 0 Å². The van der Waals surface area contributed by atoms with Crippen molar-refractivity contribution < 1.29 is 9.59 Å². The number of nitrogens with one attached hydrogen (secondary N) is 1. The Hall–Kier alpha value is -0.200. The predicted octanol–water partition coefficient (Wildman–Crippen LogP) is 0.812. The molecule has 0 spiro atoms. The Morgan fingerprint density at radius 1 is 1.20 bits per heavy atom. The van der Waals surface area contributed by atoms with Crippen molar-refractivity contribution in [1.29, 1.82) is 0 Å². The van der Waals surface area contributed by atoms with Gasteiger partial charge in [0.1, 0.15) is 5.78 Å². The summed E-state index contributed by atoms with van der Waals surface area (Å²) in [6, 6.07) is 0. The van der Waals surface area contributed by atoms with Crippen LogP contribution < -0.4 is 11.1 Å². The van der Waals surface area contributed by atoms with Crippen molar-refractivity contribution >= 4 is 33.3 Å². The van der Waals surface area contributed by atoms with Gasteiger partial charge in [0.15, 0.2) is 0 Å². The van der Waals surface area contributed by atoms with Crippen molar-refractivity contribution in [3.8, 4) is 0 Å². The lowest BCUT2D eigenvalue weighted by atomic mass is 10.2. The zero-order valence-corrected chi connectivity index (χ0v) is 10.6. The lowest BCUT2D eigenvalue weighted by Crippen LogP contribution is -2.25. The highest BCUT2D eigenvalue weighted by Crippen LogP contribution is 2.18. The molecule has 0 unspecified atom stereocenters. The van der Waals surface area contributed by atoms with Crippen LogP contribution in [0.2, 0.25) is 0 Å². The maximum absolute atomic E-state index is 11.1. The third-order valence-electron chi connectivity index (χ3n) is 1.50. The standard InChI is InChI=1S/C9H18N2O2S2/c1-8(12)2-3-9(13)11-5-7-15-14-6-4-10/h2-7,10H2,1H3,(H,11,13). The van der Waals surface area contributed by atoms with Crippen molar-refractivity contribution in [3.05, 3.63) is 0 Å². The number of nitrogens with two attached hydrogens (primary N) is 1. The fraction of sp³-hybridized carbons (Fsp3) is 0.778. The summed E-state index contributed by atoms with van der Waals surface area (Å²) in [5.74, 6) is 1.81. The van der Waals surface area contributed by atoms with E-state index in [0.717, 1.165) is 11.5 Å². The molecule has 15 heavy (non-hydrogen) atoms. The van der Waals surface area contributed by atoms with Crippen LogP contribution in [0.1, 0.15) is 19.8 Å². The summed E-state index contributed by atoms with van der Waals surface area (Å²) in [7, 11) is 3.41. The van der Waals surface area contributed by atoms with Crippen LogP contribution in [0, 0.1) is 0 Å². The maximum atomic E-state index is 11.1. The van der Waals surface area contributed by atoms with Crippen molar-refractivity contribution in [2.24, 2.45) is 5.73 Å². The van der Waals surface area contributed by atoms with Crippen molar-refractivity contribution in [1.82, 2.24) is 5.32 Å². The van der Waals surface area contributed by atoms with Gasteiger partial charge < -0.3 is 15.8 Å². The second-order valence-corrected chi connectivity index (χ2v) is 5.69. The number of amides is 1. The Balaban J connectivity index is 3.20. The first-order valence-electron chi connectivity index (χ1n) is 4.87. The molecule has 0 bridgehead atoms. The highest BCUT2D eigenvalue weighted by Gasteiger charge is 2.02. The molecule has 88 valence electrons. The van der Waals surface area contributed by atoms with Crippen LogP contribution in [0.3, 0.4) is 0 Å². The molecule has 0 aromatic heterocycles. The molecule has 0 aliphatic carbocycles. The van der Waals surface area contributed by atoms with Gasteiger partial charge in [0, 0.05) is 37.4 Å². The third kappa shape index (κ3) is 11.7. The molecule has 0 aliphatic rings. The number of ketones is 1. The molecule has 0 heterocycles. The van der Waals surface area contributed by atoms with Crippen LogP contribution in [-0.2, 0) is 9.59 Å². The highest BCUT2D eigenvalue weighted by atomic mass is 33.1. The van der Waals surface area contributed by atoms with Gasteiger partial charge in [0.05, 0.1) is 0 Å². The van der Waals surface area contributed by atoms with Gasteiger partial charge in [0.2, 0.25) is 5.91 Å². The van der Waals surface area contributed by atoms with Gasteiger partial charge >= 0.3 is 0 Å². The minimum Gasteiger partial charge on any atom is -0.355 e. The van der Waals surface area contributed by atoms with Gasteiger partial charge in [-0.3, -0.25) is 4.79 Å². The minimum absolute atomic E-state index is 0.0466. The van der Waals surface area contributed by atoms with Gasteiger partial charge in [-0.25, -0.2) is 0 Å². The second-order valence-electron chi connectivity index (χ2n) is 2.98. The highest BCUT2D eigenvalue weighted by molar-refractivity contribution is 8.76. The number of hydrogen-bond acceptors (Lipinski definition) is 5. The smallest absolute Gasteiger partial charge is 0.220 e. The van der Waals surface area contributed by atoms with E-state index in [-0.39, 0.29) is 11.7 Å². The molecule has 0 saturated carbocycles. The molecule has 0 aromatic carbocycles. The van der Waals surface area contributed by atoms with E-state index in [1.54, 1.807) is 21.6 Å². The van der Waals surface area contributed by atoms with Gasteiger partial charge in [-0.05, 0) is 6.92 Å². The van der Waals surface area contributed by atoms with E-state index < -0.39 is 0 Å². The van der Waals surface area contributed by atoms with E-state index in [2.05, 4.69) is 5.32 Å². The lowest BCUT2D eigenvalue weighted by Gasteiger charge is -2.03. The van der Waals surface area contributed by atoms with E-state index in [9.17, 15) is 9.59 Å². The number of Topliss-reactive ketones (excluding diaryl/α,β-unsaturated/α-hetero) is 1. The Morgan fingerprint density at radius 3 is 2.47 bits per heavy atom. The molecule has 3 N–H and O–H groups in total. The molecular formula is C9H18N2O2S2. The number of rotatable bonds is 9. The lowest BCUT2D eigenvalue weighted by molar-refractivity contribution is -0.124. The number of carbonyl (C=O) groups excluding carboxylic acids is 2. The second kappa shape index (κ2) is 10.3. The van der Waals surface area contributed by atoms with E-state index in [0.29, 0.717) is 25.9 Å². The molecule has 0 fully saturated rings. The van der Waals surface area contributed by atoms with E-state index in [4.69, 9.17) is 5.73 Å². The maximum Gasteiger partial charge on any atom is 0.220 e. The summed E-state index contributed by atoms with van der Waals surface area (Å²) >= 11 is 0. The van der Waals surface area contributed by atoms with Gasteiger partial charge in [-0.1, -0.05) is 21.6 Å². The summed E-state index contributed by atoms with van der Waals surface area (Å²) in [4.78, 5) is 21.7. The summed E-state index contributed by atoms with van der Waals surface area (Å²) in [6.45, 7) is 2.83. The van der Waals surface area contributed by atoms with Crippen molar-refractivity contribution in [2.75, 3.05) is 24.6 Å². The van der Waals surface area contributed by atoms with Crippen LogP contribution >= 0.6 is 21.6 Å². The van der Waals surface area contributed by atoms with Gasteiger partial charge in [-0.15, -0.1) is 0 Å². The third-order valence-corrected chi connectivity index (χ3v) is 3.94. The molecule has 6 heteroatoms. The summed E-state index contributed by atoms with van der Waals surface area (Å²) < 4.78 is 0. The summed E-state index contributed by atoms with van der Waals surface area (Å²) in [6.07, 6.45) is 0.636. The molecule has 0 rings (SSSR count). The minimum atomic E-state index is -0.0466. The average Bonchev–Trinajstić information content (AvgIpc) is 2.20. The Kier molecular flexibility index (Phi) is 10.2. The Morgan fingerprint density at radius 2 is 1.87 bits per heavy atom. The molecule has 4 nitrogen and oxygen atoms in total. The van der Waals surface area contributed by atoms with Crippen molar-refractivity contribution in [3.63, 3.8) is 0 Å². The molecular weight excluding hydrogens is 232 g/mol. The first-order valence-corrected chi connectivity index (χ1v) is 7.36. The fourth-order valence-electron chi connectivity index (χ4n) is 0.776. The summed E-state index contributed by atoms with van der Waals surface area (Å²) in [5.41, 5.74) is 5.32. The van der Waals surface area contributed by atoms with Gasteiger partial charge in [-0.2, -0.15) is 0 Å². The van der Waals surface area contributed by atoms with E-state index in [1.165, 1.54) is 6.92 Å². The Labute approximate surface area is 98.5 Å². The topological polar surface area (TPSA) is 72.2 Å². The first-order chi connectivity index (χ1) is 7.16. The first kappa shape index (κ1) is 14.8. The number of hydrogen-bond donors (Lipinski definition) is 2. The SMILES string of the molecule is CC(=O)CCC(=O)NCCSSCCN. The monoisotopic (exact) mass is 250 g/mol. The molecule has 0 atom stereocenters. The largest absolute Gasteiger partial charge is 0.355 e. The average molecular weight is 250 g/mol. The molecule has 0 saturated heterocycles. The van der Waals surface area contributed by atoms with Crippen LogP contribution in [0.4, 0.5) is 0 Å². The number of carbonyl (C=O) groups is 2. The van der Waals surface area contributed by atoms with E-state index in [1.807, 2.05) is 0 Å². The van der Waals surface area contributed by atoms with Crippen LogP contribution in [-0.4, -0.2) is 36.3 Å². The zero-order chi connectivity index (χ0) is 11.5. The zero-order valence-electron chi connectivity index (χ0n) is 8.95. The van der Waals surface area contributed by atoms with Crippen LogP contribution in [0.15, 0.2) is 0 Å². The molecule has 1 amide bonds. The predicted molar refractivity (Wildman–Crippen MR) is 66.9 cm³/mol. The Bertz CT molecular complexity index is 201. The normalized spacial score (nSPS) is 10.0. The van der Waals surface area contributed by atoms with E-state index >= 15 is 0 Å². The van der Waals surface area contributed by atoms with Gasteiger partial charge in [0.25, 0.3) is 0 Å². The molecule has 0 radical (unpaired) electrons. The van der Waals surface area contributed by atoms with Crippen molar-refractivity contribution in [2.45, 2.75) is 19.8 Å². The van der Waals surface area contributed by atoms with Crippen LogP contribution in [0.25, 0.3) is 0 Å².